The molecule has 0 aliphatic carbocycles. The Balaban J connectivity index is 5.40. The van der Waals surface area contributed by atoms with Crippen LogP contribution in [0.2, 0.25) is 0 Å². The van der Waals surface area contributed by atoms with Gasteiger partial charge in [0.05, 0.1) is 26.4 Å². The lowest BCUT2D eigenvalue weighted by atomic mass is 10.0. The smallest absolute Gasteiger partial charge is 0.462 e. The molecule has 0 aromatic rings. The van der Waals surface area contributed by atoms with Crippen LogP contribution in [0.1, 0.15) is 323 Å². The third kappa shape index (κ3) is 73.8. The van der Waals surface area contributed by atoms with Crippen molar-refractivity contribution in [2.45, 2.75) is 341 Å². The number of unbranched alkanes of at least 4 members (excludes halogenated alkanes) is 28. The Hall–Kier alpha value is -4.54. The van der Waals surface area contributed by atoms with Gasteiger partial charge >= 0.3 is 39.5 Å². The number of esters is 4. The van der Waals surface area contributed by atoms with E-state index >= 15 is 0 Å². The minimum absolute atomic E-state index is 0.0384. The average Bonchev–Trinajstić information content (AvgIpc) is 0.919. The zero-order chi connectivity index (χ0) is 74.6. The Labute approximate surface area is 619 Å². The van der Waals surface area contributed by atoms with Crippen LogP contribution in [0.25, 0.3) is 0 Å². The van der Waals surface area contributed by atoms with E-state index in [2.05, 4.69) is 149 Å². The van der Waals surface area contributed by atoms with Gasteiger partial charge in [-0.1, -0.05) is 290 Å². The Morgan fingerprint density at radius 1 is 0.284 bits per heavy atom. The largest absolute Gasteiger partial charge is 0.472 e. The van der Waals surface area contributed by atoms with Crippen molar-refractivity contribution >= 4 is 39.5 Å². The molecular formula is C83H142O17P2. The molecule has 0 bridgehead atoms. The van der Waals surface area contributed by atoms with Crippen LogP contribution in [0, 0.1) is 0 Å². The summed E-state index contributed by atoms with van der Waals surface area (Å²) in [4.78, 5) is 73.0. The summed E-state index contributed by atoms with van der Waals surface area (Å²) in [6.07, 6.45) is 81.8. The molecule has 0 aliphatic rings. The predicted octanol–water partition coefficient (Wildman–Crippen LogP) is 23.1. The van der Waals surface area contributed by atoms with Crippen molar-refractivity contribution in [3.05, 3.63) is 122 Å². The maximum absolute atomic E-state index is 13.1. The Morgan fingerprint density at radius 3 is 0.804 bits per heavy atom. The molecule has 0 saturated carbocycles. The average molecular weight is 1470 g/mol. The van der Waals surface area contributed by atoms with Crippen LogP contribution in [0.5, 0.6) is 0 Å². The molecule has 586 valence electrons. The third-order valence-corrected chi connectivity index (χ3v) is 18.3. The van der Waals surface area contributed by atoms with Crippen LogP contribution in [0.15, 0.2) is 122 Å². The molecule has 5 atom stereocenters. The van der Waals surface area contributed by atoms with Crippen molar-refractivity contribution in [3.8, 4) is 0 Å². The number of hydrogen-bond donors (Lipinski definition) is 3. The molecule has 0 aromatic heterocycles. The second-order valence-electron chi connectivity index (χ2n) is 26.2. The van der Waals surface area contributed by atoms with Gasteiger partial charge in [-0.15, -0.1) is 0 Å². The third-order valence-electron chi connectivity index (χ3n) is 16.4. The van der Waals surface area contributed by atoms with E-state index in [1.807, 2.05) is 0 Å². The number of carbonyl (C=O) groups is 4. The van der Waals surface area contributed by atoms with Crippen molar-refractivity contribution in [3.63, 3.8) is 0 Å². The summed E-state index contributed by atoms with van der Waals surface area (Å²) in [6, 6.07) is 0. The summed E-state index contributed by atoms with van der Waals surface area (Å²) >= 11 is 0. The first kappa shape index (κ1) is 97.5. The molecule has 19 heteroatoms. The fraction of sp³-hybridized carbons (Fsp3) is 0.711. The molecular weight excluding hydrogens is 1330 g/mol. The number of rotatable bonds is 74. The molecule has 0 rings (SSSR count). The van der Waals surface area contributed by atoms with E-state index in [0.717, 1.165) is 173 Å². The fourth-order valence-corrected chi connectivity index (χ4v) is 12.1. The van der Waals surface area contributed by atoms with E-state index in [4.69, 9.17) is 37.0 Å². The summed E-state index contributed by atoms with van der Waals surface area (Å²) in [6.45, 7) is 4.49. The number of phosphoric ester groups is 2. The topological polar surface area (TPSA) is 237 Å². The van der Waals surface area contributed by atoms with Crippen molar-refractivity contribution in [2.24, 2.45) is 0 Å². The number of aliphatic hydroxyl groups is 1. The minimum Gasteiger partial charge on any atom is -0.462 e. The summed E-state index contributed by atoms with van der Waals surface area (Å²) in [5.74, 6) is -2.24. The van der Waals surface area contributed by atoms with Gasteiger partial charge in [0.2, 0.25) is 0 Å². The summed E-state index contributed by atoms with van der Waals surface area (Å²) < 4.78 is 68.6. The van der Waals surface area contributed by atoms with E-state index in [1.54, 1.807) is 0 Å². The second-order valence-corrected chi connectivity index (χ2v) is 29.1. The lowest BCUT2D eigenvalue weighted by molar-refractivity contribution is -0.161. The minimum atomic E-state index is -4.99. The van der Waals surface area contributed by atoms with Crippen LogP contribution >= 0.6 is 15.6 Å². The second kappa shape index (κ2) is 74.7. The molecule has 0 spiro atoms. The predicted molar refractivity (Wildman–Crippen MR) is 418 cm³/mol. The van der Waals surface area contributed by atoms with Crippen LogP contribution in [-0.2, 0) is 65.4 Å². The van der Waals surface area contributed by atoms with E-state index in [0.29, 0.717) is 32.1 Å². The molecule has 0 saturated heterocycles. The summed E-state index contributed by atoms with van der Waals surface area (Å²) in [5.41, 5.74) is 0. The van der Waals surface area contributed by atoms with Crippen molar-refractivity contribution in [1.29, 1.82) is 0 Å². The van der Waals surface area contributed by atoms with Gasteiger partial charge in [0.25, 0.3) is 0 Å². The highest BCUT2D eigenvalue weighted by Crippen LogP contribution is 2.45. The summed E-state index contributed by atoms with van der Waals surface area (Å²) in [5, 5.41) is 10.6. The number of hydrogen-bond acceptors (Lipinski definition) is 15. The maximum Gasteiger partial charge on any atom is 0.472 e. The Morgan fingerprint density at radius 2 is 0.510 bits per heavy atom. The highest BCUT2D eigenvalue weighted by atomic mass is 31.2. The molecule has 0 fully saturated rings. The van der Waals surface area contributed by atoms with Crippen LogP contribution in [0.4, 0.5) is 0 Å². The van der Waals surface area contributed by atoms with Crippen molar-refractivity contribution in [2.75, 3.05) is 39.6 Å². The highest BCUT2D eigenvalue weighted by Gasteiger charge is 2.30. The first-order chi connectivity index (χ1) is 49.7. The number of carbonyl (C=O) groups excluding carboxylic acids is 4. The van der Waals surface area contributed by atoms with Gasteiger partial charge in [0, 0.05) is 25.7 Å². The van der Waals surface area contributed by atoms with Gasteiger partial charge in [-0.05, 0) is 128 Å². The number of allylic oxidation sites excluding steroid dienone is 20. The molecule has 0 amide bonds. The standard InChI is InChI=1S/C83H142O17P2/c1-5-9-13-17-21-25-29-33-37-38-42-44-48-52-56-60-64-68-81(86)94-74-79(100-83(88)70-66-62-58-54-50-46-41-36-32-28-24-20-16-12-8-4)76-98-102(91,92)96-72-77(84)71-95-101(89,90)97-75-78(99-82(87)69-65-61-57-53-49-45-40-35-31-27-23-19-15-11-7-3)73-93-80(85)67-63-59-55-51-47-43-39-34-30-26-22-18-14-10-6-2/h9-10,12-14,16,21-22,24-26,28,33-34,36-37,39,41,50,54,77-79,84H,5-8,11,15,17-20,23,27,29-32,35,38,40,42-49,51-53,55-76H2,1-4H3,(H,89,90)(H,91,92)/b13-9-,14-10-,16-12-,25-21-,26-22-,28-24-,37-33-,39-34-,41-36-,54-50-. The molecule has 102 heavy (non-hydrogen) atoms. The molecule has 3 N–H and O–H groups in total. The number of phosphoric acid groups is 2. The Bertz CT molecular complexity index is 2410. The molecule has 0 radical (unpaired) electrons. The number of aliphatic hydroxyl groups excluding tert-OH is 1. The quantitative estimate of drug-likeness (QED) is 0.0169. The molecule has 0 aromatic carbocycles. The van der Waals surface area contributed by atoms with Crippen LogP contribution < -0.4 is 0 Å². The zero-order valence-corrected chi connectivity index (χ0v) is 65.8. The van der Waals surface area contributed by atoms with Gasteiger partial charge in [-0.25, -0.2) is 9.13 Å². The van der Waals surface area contributed by atoms with E-state index in [1.165, 1.54) is 64.2 Å². The fourth-order valence-electron chi connectivity index (χ4n) is 10.5. The van der Waals surface area contributed by atoms with Gasteiger partial charge < -0.3 is 33.8 Å². The lowest BCUT2D eigenvalue weighted by Crippen LogP contribution is -2.30. The Kier molecular flexibility index (Phi) is 71.4. The molecule has 17 nitrogen and oxygen atoms in total. The normalized spacial score (nSPS) is 14.5. The van der Waals surface area contributed by atoms with Gasteiger partial charge in [0.1, 0.15) is 19.3 Å². The van der Waals surface area contributed by atoms with Gasteiger partial charge in [-0.3, -0.25) is 37.3 Å². The molecule has 0 heterocycles. The van der Waals surface area contributed by atoms with Gasteiger partial charge in [0.15, 0.2) is 12.2 Å². The van der Waals surface area contributed by atoms with Crippen molar-refractivity contribution in [1.82, 2.24) is 0 Å². The zero-order valence-electron chi connectivity index (χ0n) is 64.0. The van der Waals surface area contributed by atoms with Crippen LogP contribution in [-0.4, -0.2) is 96.7 Å². The SMILES string of the molecule is CC/C=C\C/C=C\C/C=C\C/C=C\CCCCC(=O)OC(COC(=O)CCCCCCCCC/C=C\C/C=C\C/C=C\CC)COP(=O)(O)OCC(O)COP(=O)(O)OCC(COC(=O)CCCCCCC/C=C\C/C=C\C/C=C\CC)OC(=O)CCCCCCCCCCCCCCCCC. The first-order valence-corrected chi connectivity index (χ1v) is 42.8. The van der Waals surface area contributed by atoms with E-state index in [9.17, 15) is 43.2 Å². The van der Waals surface area contributed by atoms with E-state index in [-0.39, 0.29) is 25.7 Å². The highest BCUT2D eigenvalue weighted by molar-refractivity contribution is 7.47. The maximum atomic E-state index is 13.1. The summed E-state index contributed by atoms with van der Waals surface area (Å²) in [7, 11) is -9.98. The lowest BCUT2D eigenvalue weighted by Gasteiger charge is -2.21. The monoisotopic (exact) mass is 1470 g/mol. The molecule has 0 aliphatic heterocycles. The molecule has 5 unspecified atom stereocenters. The van der Waals surface area contributed by atoms with Gasteiger partial charge in [-0.2, -0.15) is 0 Å². The number of ether oxygens (including phenoxy) is 4. The first-order valence-electron chi connectivity index (χ1n) is 39.8. The van der Waals surface area contributed by atoms with E-state index < -0.39 is 97.5 Å². The van der Waals surface area contributed by atoms with Crippen molar-refractivity contribution < 1.29 is 80.2 Å². The van der Waals surface area contributed by atoms with Crippen LogP contribution in [0.3, 0.4) is 0 Å².